The van der Waals surface area contributed by atoms with Crippen LogP contribution in [-0.4, -0.2) is 26.0 Å². The Balaban J connectivity index is 1.86. The molecule has 1 aliphatic rings. The first-order chi connectivity index (χ1) is 12.6. The van der Waals surface area contributed by atoms with Crippen molar-refractivity contribution < 1.29 is 13.2 Å². The first kappa shape index (κ1) is 22.0. The molecular weight excluding hydrogens is 356 g/mol. The molecule has 0 bridgehead atoms. The Morgan fingerprint density at radius 1 is 1.19 bits per heavy atom. The lowest BCUT2D eigenvalue weighted by Gasteiger charge is -2.16. The summed E-state index contributed by atoms with van der Waals surface area (Å²) >= 11 is 0. The van der Waals surface area contributed by atoms with Gasteiger partial charge in [0.25, 0.3) is 0 Å². The van der Waals surface area contributed by atoms with Gasteiger partial charge in [0.15, 0.2) is 9.84 Å². The lowest BCUT2D eigenvalue weighted by Crippen LogP contribution is -2.16. The molecule has 0 amide bonds. The van der Waals surface area contributed by atoms with Gasteiger partial charge in [-0.1, -0.05) is 52.0 Å². The van der Waals surface area contributed by atoms with Gasteiger partial charge in [-0.3, -0.25) is 0 Å². The Bertz CT molecular complexity index is 707. The second kappa shape index (κ2) is 9.77. The largest absolute Gasteiger partial charge is 0.490 e. The van der Waals surface area contributed by atoms with Crippen molar-refractivity contribution in [3.8, 4) is 5.75 Å². The molecule has 0 saturated heterocycles. The summed E-state index contributed by atoms with van der Waals surface area (Å²) in [6.45, 7) is 8.53. The molecule has 1 saturated carbocycles. The van der Waals surface area contributed by atoms with Gasteiger partial charge in [0.1, 0.15) is 5.75 Å². The average molecular weight is 393 g/mol. The van der Waals surface area contributed by atoms with Gasteiger partial charge in [-0.2, -0.15) is 0 Å². The molecule has 2 rings (SSSR count). The lowest BCUT2D eigenvalue weighted by molar-refractivity contribution is 0.210. The second-order valence-electron chi connectivity index (χ2n) is 9.14. The van der Waals surface area contributed by atoms with E-state index in [0.29, 0.717) is 12.5 Å². The van der Waals surface area contributed by atoms with Gasteiger partial charge in [-0.05, 0) is 67.6 Å². The first-order valence-corrected chi connectivity index (χ1v) is 12.1. The molecule has 0 radical (unpaired) electrons. The fourth-order valence-corrected chi connectivity index (χ4v) is 5.07. The van der Waals surface area contributed by atoms with E-state index in [9.17, 15) is 8.42 Å². The maximum Gasteiger partial charge on any atom is 0.151 e. The van der Waals surface area contributed by atoms with Crippen LogP contribution in [0.4, 0.5) is 0 Å². The zero-order valence-electron chi connectivity index (χ0n) is 17.4. The molecule has 0 heterocycles. The summed E-state index contributed by atoms with van der Waals surface area (Å²) in [6, 6.07) is 7.97. The predicted octanol–water partition coefficient (Wildman–Crippen LogP) is 5.91. The van der Waals surface area contributed by atoms with E-state index in [1.807, 2.05) is 37.3 Å². The van der Waals surface area contributed by atoms with Crippen molar-refractivity contribution in [3.05, 3.63) is 42.0 Å². The average Bonchev–Trinajstić information content (AvgIpc) is 3.06. The monoisotopic (exact) mass is 392 g/mol. The highest BCUT2D eigenvalue weighted by molar-refractivity contribution is 7.91. The molecule has 1 aromatic rings. The highest BCUT2D eigenvalue weighted by Gasteiger charge is 2.19. The van der Waals surface area contributed by atoms with Gasteiger partial charge in [0.05, 0.1) is 17.6 Å². The molecule has 1 fully saturated rings. The molecule has 0 aliphatic heterocycles. The van der Waals surface area contributed by atoms with E-state index in [0.717, 1.165) is 30.6 Å². The minimum Gasteiger partial charge on any atom is -0.490 e. The third-order valence-electron chi connectivity index (χ3n) is 5.03. The van der Waals surface area contributed by atoms with Crippen molar-refractivity contribution in [2.75, 3.05) is 11.5 Å². The standard InChI is InChI=1S/C23H36O3S/c1-19(18-27(24,25)16-9-5-8-15-23(2,3)4)20-11-10-14-22(17-20)26-21-12-6-7-13-21/h5,8,10-11,14,17,19,21H,6-7,9,12-13,15-16,18H2,1-4H3/b8-5+/t19-/m0/s1. The van der Waals surface area contributed by atoms with Gasteiger partial charge in [0, 0.05) is 0 Å². The summed E-state index contributed by atoms with van der Waals surface area (Å²) in [4.78, 5) is 0. The molecule has 0 aromatic heterocycles. The van der Waals surface area contributed by atoms with Crippen LogP contribution in [0.25, 0.3) is 0 Å². The summed E-state index contributed by atoms with van der Waals surface area (Å²) < 4.78 is 31.0. The summed E-state index contributed by atoms with van der Waals surface area (Å²) in [5, 5.41) is 0. The third kappa shape index (κ3) is 8.50. The number of hydrogen-bond acceptors (Lipinski definition) is 3. The van der Waals surface area contributed by atoms with Gasteiger partial charge < -0.3 is 4.74 Å². The quantitative estimate of drug-likeness (QED) is 0.491. The van der Waals surface area contributed by atoms with E-state index < -0.39 is 9.84 Å². The maximum atomic E-state index is 12.5. The van der Waals surface area contributed by atoms with Crippen molar-refractivity contribution in [1.29, 1.82) is 0 Å². The van der Waals surface area contributed by atoms with Crippen molar-refractivity contribution >= 4 is 9.84 Å². The summed E-state index contributed by atoms with van der Waals surface area (Å²) in [5.41, 5.74) is 1.28. The molecule has 0 spiro atoms. The fraction of sp³-hybridized carbons (Fsp3) is 0.652. The van der Waals surface area contributed by atoms with Crippen LogP contribution in [-0.2, 0) is 9.84 Å². The minimum absolute atomic E-state index is 0.0271. The molecular formula is C23H36O3S. The Morgan fingerprint density at radius 3 is 2.56 bits per heavy atom. The smallest absolute Gasteiger partial charge is 0.151 e. The molecule has 4 heteroatoms. The maximum absolute atomic E-state index is 12.5. The van der Waals surface area contributed by atoms with Crippen LogP contribution in [0.5, 0.6) is 5.75 Å². The fourth-order valence-electron chi connectivity index (χ4n) is 3.46. The van der Waals surface area contributed by atoms with E-state index in [1.165, 1.54) is 12.8 Å². The van der Waals surface area contributed by atoms with Gasteiger partial charge in [0.2, 0.25) is 0 Å². The lowest BCUT2D eigenvalue weighted by atomic mass is 9.92. The zero-order valence-corrected chi connectivity index (χ0v) is 18.2. The highest BCUT2D eigenvalue weighted by Crippen LogP contribution is 2.27. The highest BCUT2D eigenvalue weighted by atomic mass is 32.2. The second-order valence-corrected chi connectivity index (χ2v) is 11.4. The predicted molar refractivity (Wildman–Crippen MR) is 114 cm³/mol. The molecule has 1 atom stereocenters. The van der Waals surface area contributed by atoms with Crippen LogP contribution in [0.15, 0.2) is 36.4 Å². The Labute approximate surface area is 166 Å². The first-order valence-electron chi connectivity index (χ1n) is 10.3. The van der Waals surface area contributed by atoms with Crippen LogP contribution in [0, 0.1) is 5.41 Å². The van der Waals surface area contributed by atoms with Crippen LogP contribution in [0.1, 0.15) is 77.7 Å². The van der Waals surface area contributed by atoms with E-state index in [4.69, 9.17) is 4.74 Å². The minimum atomic E-state index is -3.07. The summed E-state index contributed by atoms with van der Waals surface area (Å²) in [5.74, 6) is 1.25. The summed E-state index contributed by atoms with van der Waals surface area (Å²) in [6.07, 6.45) is 10.7. The number of sulfone groups is 1. The van der Waals surface area contributed by atoms with E-state index >= 15 is 0 Å². The van der Waals surface area contributed by atoms with Gasteiger partial charge >= 0.3 is 0 Å². The molecule has 27 heavy (non-hydrogen) atoms. The Hall–Kier alpha value is -1.29. The number of ether oxygens (including phenoxy) is 1. The third-order valence-corrected chi connectivity index (χ3v) is 6.89. The molecule has 152 valence electrons. The molecule has 1 aromatic carbocycles. The van der Waals surface area contributed by atoms with Crippen LogP contribution < -0.4 is 4.74 Å². The molecule has 1 aliphatic carbocycles. The van der Waals surface area contributed by atoms with Crippen molar-refractivity contribution in [2.24, 2.45) is 5.41 Å². The molecule has 3 nitrogen and oxygen atoms in total. The van der Waals surface area contributed by atoms with Crippen molar-refractivity contribution in [2.45, 2.75) is 78.2 Å². The van der Waals surface area contributed by atoms with Crippen molar-refractivity contribution in [3.63, 3.8) is 0 Å². The van der Waals surface area contributed by atoms with Gasteiger partial charge in [-0.15, -0.1) is 0 Å². The number of hydrogen-bond donors (Lipinski definition) is 0. The summed E-state index contributed by atoms with van der Waals surface area (Å²) in [7, 11) is -3.07. The van der Waals surface area contributed by atoms with Crippen LogP contribution in [0.2, 0.25) is 0 Å². The van der Waals surface area contributed by atoms with Crippen LogP contribution >= 0.6 is 0 Å². The van der Waals surface area contributed by atoms with E-state index in [-0.39, 0.29) is 22.8 Å². The number of benzene rings is 1. The Kier molecular flexibility index (Phi) is 7.96. The van der Waals surface area contributed by atoms with Gasteiger partial charge in [-0.25, -0.2) is 8.42 Å². The van der Waals surface area contributed by atoms with Crippen molar-refractivity contribution in [1.82, 2.24) is 0 Å². The number of allylic oxidation sites excluding steroid dienone is 2. The molecule has 0 N–H and O–H groups in total. The Morgan fingerprint density at radius 2 is 1.89 bits per heavy atom. The van der Waals surface area contributed by atoms with E-state index in [1.54, 1.807) is 0 Å². The van der Waals surface area contributed by atoms with Crippen LogP contribution in [0.3, 0.4) is 0 Å². The van der Waals surface area contributed by atoms with E-state index in [2.05, 4.69) is 26.8 Å². The SMILES string of the molecule is C[C@@H](CS(=O)(=O)CC/C=C/CC(C)(C)C)c1cccc(OC2CCCC2)c1. The normalized spacial score (nSPS) is 17.5. The number of rotatable bonds is 9. The molecule has 0 unspecified atom stereocenters. The zero-order chi connectivity index (χ0) is 19.9. The topological polar surface area (TPSA) is 43.4 Å².